The summed E-state index contributed by atoms with van der Waals surface area (Å²) in [6.45, 7) is 4.66. The summed E-state index contributed by atoms with van der Waals surface area (Å²) < 4.78 is 2.55. The first-order chi connectivity index (χ1) is 8.41. The highest BCUT2D eigenvalue weighted by atomic mass is 35.5. The highest BCUT2D eigenvalue weighted by molar-refractivity contribution is 6.28. The van der Waals surface area contributed by atoms with Crippen LogP contribution in [0.25, 0.3) is 11.2 Å². The van der Waals surface area contributed by atoms with E-state index in [1.165, 1.54) is 11.6 Å². The van der Waals surface area contributed by atoms with Gasteiger partial charge in [0.15, 0.2) is 11.2 Å². The Morgan fingerprint density at radius 1 is 1.39 bits per heavy atom. The number of hydrogen-bond acceptors (Lipinski definition) is 3. The molecule has 18 heavy (non-hydrogen) atoms. The largest absolute Gasteiger partial charge is 0.332 e. The SMILES string of the molecule is CC(C)CCn1c(=O)n(C)c(=O)c2[nH]c(Cl)nc21. The van der Waals surface area contributed by atoms with Crippen LogP contribution in [0.4, 0.5) is 0 Å². The lowest BCUT2D eigenvalue weighted by atomic mass is 10.1. The molecular weight excluding hydrogens is 256 g/mol. The minimum absolute atomic E-state index is 0.117. The van der Waals surface area contributed by atoms with Crippen LogP contribution in [0.3, 0.4) is 0 Å². The van der Waals surface area contributed by atoms with Crippen molar-refractivity contribution >= 4 is 22.8 Å². The Morgan fingerprint density at radius 3 is 2.67 bits per heavy atom. The third kappa shape index (κ3) is 2.08. The van der Waals surface area contributed by atoms with Crippen molar-refractivity contribution in [2.24, 2.45) is 13.0 Å². The molecule has 98 valence electrons. The summed E-state index contributed by atoms with van der Waals surface area (Å²) in [4.78, 5) is 30.6. The summed E-state index contributed by atoms with van der Waals surface area (Å²) in [6.07, 6.45) is 0.831. The van der Waals surface area contributed by atoms with Gasteiger partial charge in [-0.05, 0) is 23.9 Å². The molecule has 0 unspecified atom stereocenters. The number of nitrogens with one attached hydrogen (secondary N) is 1. The van der Waals surface area contributed by atoms with Gasteiger partial charge in [0.05, 0.1) is 0 Å². The Labute approximate surface area is 108 Å². The van der Waals surface area contributed by atoms with E-state index >= 15 is 0 Å². The number of aromatic amines is 1. The second-order valence-electron chi connectivity index (χ2n) is 4.71. The summed E-state index contributed by atoms with van der Waals surface area (Å²) >= 11 is 5.76. The number of rotatable bonds is 3. The van der Waals surface area contributed by atoms with Gasteiger partial charge in [0.25, 0.3) is 5.56 Å². The van der Waals surface area contributed by atoms with Crippen LogP contribution < -0.4 is 11.2 Å². The molecule has 0 radical (unpaired) electrons. The van der Waals surface area contributed by atoms with E-state index in [9.17, 15) is 9.59 Å². The van der Waals surface area contributed by atoms with Crippen molar-refractivity contribution in [2.45, 2.75) is 26.8 Å². The average Bonchev–Trinajstić information content (AvgIpc) is 2.68. The molecular formula is C11H15ClN4O2. The third-order valence-corrected chi connectivity index (χ3v) is 3.06. The predicted octanol–water partition coefficient (Wildman–Crippen LogP) is 1.12. The van der Waals surface area contributed by atoms with Crippen LogP contribution in [0.1, 0.15) is 20.3 Å². The fourth-order valence-electron chi connectivity index (χ4n) is 1.80. The summed E-state index contributed by atoms with van der Waals surface area (Å²) in [5.74, 6) is 0.457. The third-order valence-electron chi connectivity index (χ3n) is 2.88. The molecule has 0 bridgehead atoms. The second-order valence-corrected chi connectivity index (χ2v) is 5.07. The second kappa shape index (κ2) is 4.61. The number of halogens is 1. The normalized spacial score (nSPS) is 11.6. The fraction of sp³-hybridized carbons (Fsp3) is 0.545. The summed E-state index contributed by atoms with van der Waals surface area (Å²) in [6, 6.07) is 0. The van der Waals surface area contributed by atoms with E-state index < -0.39 is 5.56 Å². The minimum atomic E-state index is -0.407. The Kier molecular flexibility index (Phi) is 3.30. The van der Waals surface area contributed by atoms with Crippen molar-refractivity contribution in [3.63, 3.8) is 0 Å². The Morgan fingerprint density at radius 2 is 2.06 bits per heavy atom. The molecule has 7 heteroatoms. The van der Waals surface area contributed by atoms with Crippen LogP contribution in [-0.2, 0) is 13.6 Å². The summed E-state index contributed by atoms with van der Waals surface area (Å²) in [5, 5.41) is 0.117. The van der Waals surface area contributed by atoms with Gasteiger partial charge < -0.3 is 4.98 Å². The van der Waals surface area contributed by atoms with E-state index in [0.717, 1.165) is 11.0 Å². The molecule has 0 amide bonds. The smallest absolute Gasteiger partial charge is 0.323 e. The molecule has 2 heterocycles. The van der Waals surface area contributed by atoms with Crippen LogP contribution in [0, 0.1) is 5.92 Å². The van der Waals surface area contributed by atoms with Crippen molar-refractivity contribution in [1.82, 2.24) is 19.1 Å². The Hall–Kier alpha value is -1.56. The van der Waals surface area contributed by atoms with Gasteiger partial charge in [-0.2, -0.15) is 4.98 Å². The summed E-state index contributed by atoms with van der Waals surface area (Å²) in [7, 11) is 1.45. The van der Waals surface area contributed by atoms with Crippen LogP contribution in [0.5, 0.6) is 0 Å². The van der Waals surface area contributed by atoms with E-state index in [0.29, 0.717) is 18.1 Å². The average molecular weight is 271 g/mol. The molecule has 6 nitrogen and oxygen atoms in total. The molecule has 0 aliphatic heterocycles. The van der Waals surface area contributed by atoms with Crippen LogP contribution in [0.2, 0.25) is 5.28 Å². The zero-order valence-corrected chi connectivity index (χ0v) is 11.3. The lowest BCUT2D eigenvalue weighted by molar-refractivity contribution is 0.500. The zero-order chi connectivity index (χ0) is 13.4. The first-order valence-corrected chi connectivity index (χ1v) is 6.14. The van der Waals surface area contributed by atoms with Gasteiger partial charge in [-0.15, -0.1) is 0 Å². The number of aromatic nitrogens is 4. The van der Waals surface area contributed by atoms with Gasteiger partial charge in [0, 0.05) is 13.6 Å². The topological polar surface area (TPSA) is 72.7 Å². The molecule has 0 aromatic carbocycles. The van der Waals surface area contributed by atoms with Gasteiger partial charge in [-0.3, -0.25) is 13.9 Å². The van der Waals surface area contributed by atoms with E-state index in [1.54, 1.807) is 0 Å². The number of hydrogen-bond donors (Lipinski definition) is 1. The molecule has 0 atom stereocenters. The number of nitrogens with zero attached hydrogens (tertiary/aromatic N) is 3. The van der Waals surface area contributed by atoms with E-state index in [1.807, 2.05) is 0 Å². The first kappa shape index (κ1) is 12.9. The van der Waals surface area contributed by atoms with Crippen molar-refractivity contribution in [3.05, 3.63) is 26.1 Å². The maximum atomic E-state index is 12.1. The van der Waals surface area contributed by atoms with Gasteiger partial charge in [0.2, 0.25) is 5.28 Å². The van der Waals surface area contributed by atoms with Crippen molar-refractivity contribution < 1.29 is 0 Å². The standard InChI is InChI=1S/C11H15ClN4O2/c1-6(2)4-5-16-8-7(13-10(12)14-8)9(17)15(3)11(16)18/h6H,4-5H2,1-3H3,(H,13,14). The molecule has 0 aliphatic carbocycles. The Balaban J connectivity index is 2.70. The monoisotopic (exact) mass is 270 g/mol. The molecule has 2 aromatic rings. The van der Waals surface area contributed by atoms with E-state index in [-0.39, 0.29) is 16.5 Å². The van der Waals surface area contributed by atoms with Gasteiger partial charge >= 0.3 is 5.69 Å². The van der Waals surface area contributed by atoms with Crippen molar-refractivity contribution in [2.75, 3.05) is 0 Å². The minimum Gasteiger partial charge on any atom is -0.323 e. The highest BCUT2D eigenvalue weighted by Gasteiger charge is 2.14. The lowest BCUT2D eigenvalue weighted by Crippen LogP contribution is -2.38. The van der Waals surface area contributed by atoms with Crippen LogP contribution in [-0.4, -0.2) is 19.1 Å². The summed E-state index contributed by atoms with van der Waals surface area (Å²) in [5.41, 5.74) is -0.175. The molecule has 0 saturated carbocycles. The van der Waals surface area contributed by atoms with E-state index in [4.69, 9.17) is 11.6 Å². The fourth-order valence-corrected chi connectivity index (χ4v) is 1.97. The zero-order valence-electron chi connectivity index (χ0n) is 10.5. The quantitative estimate of drug-likeness (QED) is 0.850. The molecule has 2 aromatic heterocycles. The van der Waals surface area contributed by atoms with Crippen molar-refractivity contribution in [1.29, 1.82) is 0 Å². The lowest BCUT2D eigenvalue weighted by Gasteiger charge is -2.09. The van der Waals surface area contributed by atoms with Gasteiger partial charge in [0.1, 0.15) is 0 Å². The van der Waals surface area contributed by atoms with Crippen molar-refractivity contribution in [3.8, 4) is 0 Å². The molecule has 0 aliphatic rings. The van der Waals surface area contributed by atoms with Gasteiger partial charge in [-0.25, -0.2) is 4.79 Å². The van der Waals surface area contributed by atoms with Gasteiger partial charge in [-0.1, -0.05) is 13.8 Å². The van der Waals surface area contributed by atoms with Crippen LogP contribution in [0.15, 0.2) is 9.59 Å². The number of H-pyrrole nitrogens is 1. The predicted molar refractivity (Wildman–Crippen MR) is 70.1 cm³/mol. The Bertz CT molecular complexity index is 695. The number of imidazole rings is 1. The van der Waals surface area contributed by atoms with E-state index in [2.05, 4.69) is 23.8 Å². The number of aryl methyl sites for hydroxylation is 1. The maximum absolute atomic E-state index is 12.1. The molecule has 0 saturated heterocycles. The first-order valence-electron chi connectivity index (χ1n) is 5.77. The van der Waals surface area contributed by atoms with Crippen LogP contribution >= 0.6 is 11.6 Å². The molecule has 2 rings (SSSR count). The molecule has 1 N–H and O–H groups in total. The number of fused-ring (bicyclic) bond motifs is 1. The maximum Gasteiger partial charge on any atom is 0.332 e. The molecule has 0 fully saturated rings. The molecule has 0 spiro atoms. The highest BCUT2D eigenvalue weighted by Crippen LogP contribution is 2.10.